The topological polar surface area (TPSA) is 21.3 Å². The number of methoxy groups -OCH3 is 1. The fourth-order valence-corrected chi connectivity index (χ4v) is 2.48. The SMILES string of the molecule is COc1ccc(C)cc1CCC(C)(C)CCNC(C)(C)C. The minimum Gasteiger partial charge on any atom is -0.496 e. The number of benzene rings is 1. The van der Waals surface area contributed by atoms with Gasteiger partial charge in [0.25, 0.3) is 0 Å². The van der Waals surface area contributed by atoms with Gasteiger partial charge in [0.2, 0.25) is 0 Å². The first kappa shape index (κ1) is 18.0. The molecule has 1 aromatic carbocycles. The van der Waals surface area contributed by atoms with Gasteiger partial charge in [0, 0.05) is 5.54 Å². The summed E-state index contributed by atoms with van der Waals surface area (Å²) in [4.78, 5) is 0. The Morgan fingerprint density at radius 1 is 1.05 bits per heavy atom. The van der Waals surface area contributed by atoms with E-state index in [1.165, 1.54) is 24.0 Å². The van der Waals surface area contributed by atoms with E-state index in [0.717, 1.165) is 18.7 Å². The van der Waals surface area contributed by atoms with Crippen molar-refractivity contribution in [3.05, 3.63) is 29.3 Å². The highest BCUT2D eigenvalue weighted by molar-refractivity contribution is 5.37. The van der Waals surface area contributed by atoms with Crippen LogP contribution in [0.5, 0.6) is 5.75 Å². The molecule has 0 fully saturated rings. The molecule has 0 aliphatic rings. The van der Waals surface area contributed by atoms with Gasteiger partial charge in [0.05, 0.1) is 7.11 Å². The summed E-state index contributed by atoms with van der Waals surface area (Å²) in [5.74, 6) is 1.02. The van der Waals surface area contributed by atoms with Crippen LogP contribution in [0.25, 0.3) is 0 Å². The lowest BCUT2D eigenvalue weighted by atomic mass is 9.82. The lowest BCUT2D eigenvalue weighted by molar-refractivity contribution is 0.283. The van der Waals surface area contributed by atoms with Crippen LogP contribution in [-0.2, 0) is 6.42 Å². The number of nitrogens with one attached hydrogen (secondary N) is 1. The maximum atomic E-state index is 5.48. The summed E-state index contributed by atoms with van der Waals surface area (Å²) in [7, 11) is 1.76. The van der Waals surface area contributed by atoms with Crippen LogP contribution in [0.2, 0.25) is 0 Å². The molecule has 0 heterocycles. The smallest absolute Gasteiger partial charge is 0.122 e. The second kappa shape index (κ2) is 7.31. The third-order valence-electron chi connectivity index (χ3n) is 3.96. The van der Waals surface area contributed by atoms with Gasteiger partial charge in [-0.1, -0.05) is 31.5 Å². The summed E-state index contributed by atoms with van der Waals surface area (Å²) in [5.41, 5.74) is 3.18. The van der Waals surface area contributed by atoms with E-state index in [0.29, 0.717) is 5.41 Å². The van der Waals surface area contributed by atoms with Gasteiger partial charge >= 0.3 is 0 Å². The number of hydrogen-bond donors (Lipinski definition) is 1. The van der Waals surface area contributed by atoms with Gasteiger partial charge in [0.1, 0.15) is 5.75 Å². The number of aryl methyl sites for hydroxylation is 2. The van der Waals surface area contributed by atoms with Crippen LogP contribution in [-0.4, -0.2) is 19.2 Å². The van der Waals surface area contributed by atoms with Crippen LogP contribution in [0.1, 0.15) is 58.6 Å². The zero-order valence-electron chi connectivity index (χ0n) is 15.0. The van der Waals surface area contributed by atoms with E-state index in [-0.39, 0.29) is 5.54 Å². The summed E-state index contributed by atoms with van der Waals surface area (Å²) in [6, 6.07) is 6.45. The van der Waals surface area contributed by atoms with Crippen LogP contribution >= 0.6 is 0 Å². The molecule has 0 bridgehead atoms. The van der Waals surface area contributed by atoms with E-state index in [1.807, 2.05) is 0 Å². The molecule has 0 aromatic heterocycles. The Balaban J connectivity index is 2.55. The molecule has 2 heteroatoms. The minimum absolute atomic E-state index is 0.204. The molecule has 21 heavy (non-hydrogen) atoms. The largest absolute Gasteiger partial charge is 0.496 e. The average molecular weight is 291 g/mol. The van der Waals surface area contributed by atoms with Gasteiger partial charge in [-0.2, -0.15) is 0 Å². The molecule has 0 aliphatic carbocycles. The van der Waals surface area contributed by atoms with Crippen LogP contribution in [0.15, 0.2) is 18.2 Å². The molecule has 1 aromatic rings. The molecule has 1 rings (SSSR count). The second-order valence-electron chi connectivity index (χ2n) is 7.91. The van der Waals surface area contributed by atoms with Crippen LogP contribution in [0.4, 0.5) is 0 Å². The Morgan fingerprint density at radius 3 is 2.29 bits per heavy atom. The zero-order valence-corrected chi connectivity index (χ0v) is 15.0. The van der Waals surface area contributed by atoms with Crippen molar-refractivity contribution in [1.82, 2.24) is 5.32 Å². The first-order valence-corrected chi connectivity index (χ1v) is 8.01. The van der Waals surface area contributed by atoms with Crippen molar-refractivity contribution >= 4 is 0 Å². The Labute approximate surface area is 131 Å². The van der Waals surface area contributed by atoms with Crippen molar-refractivity contribution in [1.29, 1.82) is 0 Å². The molecule has 0 aliphatic heterocycles. The number of hydrogen-bond acceptors (Lipinski definition) is 2. The molecule has 0 saturated heterocycles. The average Bonchev–Trinajstić information content (AvgIpc) is 2.35. The van der Waals surface area contributed by atoms with Gasteiger partial charge in [-0.3, -0.25) is 0 Å². The molecule has 0 saturated carbocycles. The molecule has 0 unspecified atom stereocenters. The van der Waals surface area contributed by atoms with Crippen LogP contribution in [0, 0.1) is 12.3 Å². The van der Waals surface area contributed by atoms with E-state index in [4.69, 9.17) is 4.74 Å². The Hall–Kier alpha value is -1.02. The van der Waals surface area contributed by atoms with Crippen molar-refractivity contribution in [3.63, 3.8) is 0 Å². The first-order valence-electron chi connectivity index (χ1n) is 8.01. The summed E-state index contributed by atoms with van der Waals surface area (Å²) in [5, 5.41) is 3.58. The third-order valence-corrected chi connectivity index (χ3v) is 3.96. The predicted octanol–water partition coefficient (Wildman–Crippen LogP) is 4.74. The molecule has 0 radical (unpaired) electrons. The standard InChI is InChI=1S/C19H33NO/c1-15-8-9-17(21-7)16(14-15)10-11-19(5,6)12-13-20-18(2,3)4/h8-9,14,20H,10-13H2,1-7H3. The maximum Gasteiger partial charge on any atom is 0.122 e. The van der Waals surface area contributed by atoms with E-state index in [9.17, 15) is 0 Å². The van der Waals surface area contributed by atoms with Crippen molar-refractivity contribution in [2.24, 2.45) is 5.41 Å². The van der Waals surface area contributed by atoms with Gasteiger partial charge in [-0.25, -0.2) is 0 Å². The molecule has 0 spiro atoms. The normalized spacial score (nSPS) is 12.5. The summed E-state index contributed by atoms with van der Waals surface area (Å²) in [6.45, 7) is 14.6. The van der Waals surface area contributed by atoms with E-state index < -0.39 is 0 Å². The second-order valence-corrected chi connectivity index (χ2v) is 7.91. The van der Waals surface area contributed by atoms with Gasteiger partial charge in [0.15, 0.2) is 0 Å². The lowest BCUT2D eigenvalue weighted by Gasteiger charge is -2.28. The highest BCUT2D eigenvalue weighted by atomic mass is 16.5. The first-order chi connectivity index (χ1) is 9.63. The quantitative estimate of drug-likeness (QED) is 0.783. The monoisotopic (exact) mass is 291 g/mol. The zero-order chi connectivity index (χ0) is 16.1. The molecule has 1 N–H and O–H groups in total. The summed E-state index contributed by atoms with van der Waals surface area (Å²) in [6.07, 6.45) is 3.45. The van der Waals surface area contributed by atoms with Crippen molar-refractivity contribution in [2.75, 3.05) is 13.7 Å². The van der Waals surface area contributed by atoms with E-state index in [1.54, 1.807) is 7.11 Å². The van der Waals surface area contributed by atoms with Crippen molar-refractivity contribution in [2.45, 2.75) is 66.3 Å². The Bertz CT molecular complexity index is 443. The van der Waals surface area contributed by atoms with E-state index >= 15 is 0 Å². The van der Waals surface area contributed by atoms with Gasteiger partial charge in [-0.15, -0.1) is 0 Å². The summed E-state index contributed by atoms with van der Waals surface area (Å²) < 4.78 is 5.48. The van der Waals surface area contributed by atoms with Gasteiger partial charge < -0.3 is 10.1 Å². The molecule has 0 atom stereocenters. The minimum atomic E-state index is 0.204. The predicted molar refractivity (Wildman–Crippen MR) is 92.2 cm³/mol. The van der Waals surface area contributed by atoms with Crippen molar-refractivity contribution in [3.8, 4) is 5.75 Å². The molecule has 120 valence electrons. The van der Waals surface area contributed by atoms with E-state index in [2.05, 4.69) is 65.1 Å². The number of rotatable bonds is 7. The third kappa shape index (κ3) is 6.99. The lowest BCUT2D eigenvalue weighted by Crippen LogP contribution is -2.38. The molecular formula is C19H33NO. The van der Waals surface area contributed by atoms with Crippen LogP contribution in [0.3, 0.4) is 0 Å². The fourth-order valence-electron chi connectivity index (χ4n) is 2.48. The Kier molecular flexibility index (Phi) is 6.27. The fraction of sp³-hybridized carbons (Fsp3) is 0.684. The van der Waals surface area contributed by atoms with Crippen molar-refractivity contribution < 1.29 is 4.74 Å². The van der Waals surface area contributed by atoms with Crippen LogP contribution < -0.4 is 10.1 Å². The molecular weight excluding hydrogens is 258 g/mol. The highest BCUT2D eigenvalue weighted by Gasteiger charge is 2.19. The van der Waals surface area contributed by atoms with Gasteiger partial charge in [-0.05, 0) is 70.5 Å². The molecule has 0 amide bonds. The summed E-state index contributed by atoms with van der Waals surface area (Å²) >= 11 is 0. The highest BCUT2D eigenvalue weighted by Crippen LogP contribution is 2.30. The molecule has 2 nitrogen and oxygen atoms in total. The Morgan fingerprint density at radius 2 is 1.71 bits per heavy atom. The maximum absolute atomic E-state index is 5.48. The number of ether oxygens (including phenoxy) is 1.